The molecule has 0 aliphatic rings. The topological polar surface area (TPSA) is 84.0 Å². The van der Waals surface area contributed by atoms with Crippen LogP contribution >= 0.6 is 11.3 Å². The average molecular weight is 286 g/mol. The Morgan fingerprint density at radius 2 is 2.17 bits per heavy atom. The molecule has 0 spiro atoms. The lowest BCUT2D eigenvalue weighted by atomic mass is 10.3. The van der Waals surface area contributed by atoms with Crippen LogP contribution < -0.4 is 10.0 Å². The summed E-state index contributed by atoms with van der Waals surface area (Å²) in [6.45, 7) is 2.30. The summed E-state index contributed by atoms with van der Waals surface area (Å²) in [4.78, 5) is 8.34. The molecule has 0 saturated heterocycles. The summed E-state index contributed by atoms with van der Waals surface area (Å²) in [6, 6.07) is 0. The van der Waals surface area contributed by atoms with E-state index in [-0.39, 0.29) is 5.75 Å². The Morgan fingerprint density at radius 1 is 1.39 bits per heavy atom. The van der Waals surface area contributed by atoms with Crippen molar-refractivity contribution < 1.29 is 8.42 Å². The molecule has 8 heteroatoms. The third-order valence-corrected chi connectivity index (χ3v) is 4.96. The zero-order chi connectivity index (χ0) is 13.2. The Bertz CT molecular complexity index is 651. The molecule has 0 radical (unpaired) electrons. The molecule has 6 nitrogen and oxygen atoms in total. The van der Waals surface area contributed by atoms with Crippen molar-refractivity contribution in [3.8, 4) is 0 Å². The zero-order valence-corrected chi connectivity index (χ0v) is 11.7. The monoisotopic (exact) mass is 286 g/mol. The van der Waals surface area contributed by atoms with E-state index in [4.69, 9.17) is 0 Å². The molecule has 2 aromatic rings. The van der Waals surface area contributed by atoms with Gasteiger partial charge in [0, 0.05) is 6.54 Å². The first-order valence-electron chi connectivity index (χ1n) is 5.37. The van der Waals surface area contributed by atoms with Crippen molar-refractivity contribution in [2.45, 2.75) is 6.92 Å². The largest absolute Gasteiger partial charge is 0.368 e. The van der Waals surface area contributed by atoms with Crippen LogP contribution in [0.15, 0.2) is 11.7 Å². The maximum atomic E-state index is 11.3. The minimum Gasteiger partial charge on any atom is -0.368 e. The molecule has 0 bridgehead atoms. The highest BCUT2D eigenvalue weighted by atomic mass is 32.2. The Balaban J connectivity index is 2.13. The molecular formula is C10H14N4O2S2. The number of nitrogens with zero attached hydrogens (tertiary/aromatic N) is 2. The first-order valence-corrected chi connectivity index (χ1v) is 7.90. The Kier molecular flexibility index (Phi) is 3.79. The van der Waals surface area contributed by atoms with Crippen LogP contribution in [0.4, 0.5) is 5.82 Å². The summed E-state index contributed by atoms with van der Waals surface area (Å²) in [6.07, 6.45) is 1.48. The van der Waals surface area contributed by atoms with Gasteiger partial charge >= 0.3 is 0 Å². The van der Waals surface area contributed by atoms with Crippen molar-refractivity contribution in [1.82, 2.24) is 14.7 Å². The minimum atomic E-state index is -3.19. The van der Waals surface area contributed by atoms with Gasteiger partial charge in [-0.05, 0) is 24.9 Å². The molecule has 0 aromatic carbocycles. The van der Waals surface area contributed by atoms with Crippen molar-refractivity contribution >= 4 is 37.4 Å². The van der Waals surface area contributed by atoms with Gasteiger partial charge in [0.15, 0.2) is 0 Å². The van der Waals surface area contributed by atoms with Crippen molar-refractivity contribution in [1.29, 1.82) is 0 Å². The summed E-state index contributed by atoms with van der Waals surface area (Å²) in [5.74, 6) is 0.698. The Hall–Kier alpha value is -1.25. The quantitative estimate of drug-likeness (QED) is 0.855. The molecule has 2 rings (SSSR count). The van der Waals surface area contributed by atoms with Crippen LogP contribution in [-0.2, 0) is 10.0 Å². The van der Waals surface area contributed by atoms with Gasteiger partial charge in [-0.2, -0.15) is 0 Å². The molecule has 18 heavy (non-hydrogen) atoms. The van der Waals surface area contributed by atoms with Gasteiger partial charge in [0.05, 0.1) is 16.0 Å². The number of sulfonamides is 1. The van der Waals surface area contributed by atoms with E-state index >= 15 is 0 Å². The standard InChI is InChI=1S/C10H14N4O2S2/c1-7-5-17-9-8(7)13-6-14-10(9)12-3-4-18(15,16)11-2/h5-6,11H,3-4H2,1-2H3,(H,12,13,14). The molecule has 0 aliphatic heterocycles. The van der Waals surface area contributed by atoms with Crippen molar-refractivity contribution in [2.75, 3.05) is 24.7 Å². The van der Waals surface area contributed by atoms with Crippen LogP contribution in [-0.4, -0.2) is 37.7 Å². The lowest BCUT2D eigenvalue weighted by molar-refractivity contribution is 0.588. The summed E-state index contributed by atoms with van der Waals surface area (Å²) < 4.78 is 25.8. The second kappa shape index (κ2) is 5.17. The van der Waals surface area contributed by atoms with Gasteiger partial charge in [-0.1, -0.05) is 0 Å². The molecule has 0 unspecified atom stereocenters. The van der Waals surface area contributed by atoms with Gasteiger partial charge in [-0.15, -0.1) is 11.3 Å². The average Bonchev–Trinajstić information content (AvgIpc) is 2.72. The molecule has 0 amide bonds. The number of aryl methyl sites for hydroxylation is 1. The molecule has 0 aliphatic carbocycles. The van der Waals surface area contributed by atoms with E-state index in [0.29, 0.717) is 12.4 Å². The lowest BCUT2D eigenvalue weighted by Crippen LogP contribution is -2.26. The van der Waals surface area contributed by atoms with Crippen molar-refractivity contribution in [2.24, 2.45) is 0 Å². The number of aromatic nitrogens is 2. The fraction of sp³-hybridized carbons (Fsp3) is 0.400. The maximum Gasteiger partial charge on any atom is 0.213 e. The molecule has 2 aromatic heterocycles. The first kappa shape index (κ1) is 13.2. The molecule has 2 N–H and O–H groups in total. The number of hydrogen-bond acceptors (Lipinski definition) is 6. The second-order valence-corrected chi connectivity index (χ2v) is 6.69. The van der Waals surface area contributed by atoms with Crippen molar-refractivity contribution in [3.05, 3.63) is 17.3 Å². The minimum absolute atomic E-state index is 0.0132. The highest BCUT2D eigenvalue weighted by Crippen LogP contribution is 2.28. The van der Waals surface area contributed by atoms with Crippen LogP contribution in [0.5, 0.6) is 0 Å². The number of thiophene rings is 1. The van der Waals surface area contributed by atoms with Crippen LogP contribution in [0, 0.1) is 6.92 Å². The van der Waals surface area contributed by atoms with E-state index in [0.717, 1.165) is 15.8 Å². The summed E-state index contributed by atoms with van der Waals surface area (Å²) in [5, 5.41) is 5.04. The van der Waals surface area contributed by atoms with E-state index in [1.807, 2.05) is 12.3 Å². The van der Waals surface area contributed by atoms with E-state index in [2.05, 4.69) is 20.0 Å². The van der Waals surface area contributed by atoms with Crippen molar-refractivity contribution in [3.63, 3.8) is 0 Å². The predicted molar refractivity (Wildman–Crippen MR) is 73.5 cm³/mol. The summed E-state index contributed by atoms with van der Waals surface area (Å²) in [7, 11) is -1.79. The summed E-state index contributed by atoms with van der Waals surface area (Å²) >= 11 is 1.55. The Morgan fingerprint density at radius 3 is 2.89 bits per heavy atom. The third kappa shape index (κ3) is 2.77. The number of fused-ring (bicyclic) bond motifs is 1. The second-order valence-electron chi connectivity index (χ2n) is 3.77. The van der Waals surface area contributed by atoms with E-state index in [1.54, 1.807) is 11.3 Å². The van der Waals surface area contributed by atoms with Crippen LogP contribution in [0.3, 0.4) is 0 Å². The van der Waals surface area contributed by atoms with Gasteiger partial charge in [0.25, 0.3) is 0 Å². The fourth-order valence-electron chi connectivity index (χ4n) is 1.50. The van der Waals surface area contributed by atoms with E-state index in [9.17, 15) is 8.42 Å². The fourth-order valence-corrected chi connectivity index (χ4v) is 3.04. The summed E-state index contributed by atoms with van der Waals surface area (Å²) in [5.41, 5.74) is 2.01. The first-order chi connectivity index (χ1) is 8.53. The highest BCUT2D eigenvalue weighted by molar-refractivity contribution is 7.89. The zero-order valence-electron chi connectivity index (χ0n) is 10.1. The third-order valence-electron chi connectivity index (χ3n) is 2.51. The van der Waals surface area contributed by atoms with Gasteiger partial charge in [0.1, 0.15) is 12.1 Å². The normalized spacial score (nSPS) is 11.9. The molecule has 0 atom stereocenters. The SMILES string of the molecule is CNS(=O)(=O)CCNc1ncnc2c(C)csc12. The van der Waals surface area contributed by atoms with Gasteiger partial charge < -0.3 is 5.32 Å². The van der Waals surface area contributed by atoms with E-state index in [1.165, 1.54) is 13.4 Å². The number of hydrogen-bond donors (Lipinski definition) is 2. The molecular weight excluding hydrogens is 272 g/mol. The number of nitrogens with one attached hydrogen (secondary N) is 2. The van der Waals surface area contributed by atoms with Crippen LogP contribution in [0.2, 0.25) is 0 Å². The van der Waals surface area contributed by atoms with Gasteiger partial charge in [0.2, 0.25) is 10.0 Å². The van der Waals surface area contributed by atoms with E-state index < -0.39 is 10.0 Å². The smallest absolute Gasteiger partial charge is 0.213 e. The van der Waals surface area contributed by atoms with Gasteiger partial charge in [-0.3, -0.25) is 0 Å². The number of rotatable bonds is 5. The van der Waals surface area contributed by atoms with Crippen LogP contribution in [0.1, 0.15) is 5.56 Å². The maximum absolute atomic E-state index is 11.3. The molecule has 0 saturated carbocycles. The predicted octanol–water partition coefficient (Wildman–Crippen LogP) is 0.961. The Labute approximate surface area is 110 Å². The lowest BCUT2D eigenvalue weighted by Gasteiger charge is -2.06. The molecule has 2 heterocycles. The highest BCUT2D eigenvalue weighted by Gasteiger charge is 2.10. The number of anilines is 1. The van der Waals surface area contributed by atoms with Gasteiger partial charge in [-0.25, -0.2) is 23.1 Å². The molecule has 0 fully saturated rings. The molecule has 98 valence electrons. The van der Waals surface area contributed by atoms with Crippen LogP contribution in [0.25, 0.3) is 10.2 Å².